The Morgan fingerprint density at radius 2 is 1.95 bits per heavy atom. The maximum atomic E-state index is 11.4. The van der Waals surface area contributed by atoms with Crippen molar-refractivity contribution in [3.05, 3.63) is 48.0 Å². The number of benzene rings is 2. The van der Waals surface area contributed by atoms with Gasteiger partial charge in [0.25, 0.3) is 0 Å². The normalized spacial score (nSPS) is 18.1. The van der Waals surface area contributed by atoms with E-state index in [0.717, 1.165) is 11.3 Å². The Morgan fingerprint density at radius 3 is 2.68 bits per heavy atom. The van der Waals surface area contributed by atoms with Crippen LogP contribution in [0.5, 0.6) is 5.75 Å². The highest BCUT2D eigenvalue weighted by Gasteiger charge is 2.12. The summed E-state index contributed by atoms with van der Waals surface area (Å²) in [6, 6.07) is 12.4. The molecule has 1 aliphatic rings. The largest absolute Gasteiger partial charge is 0.427 e. The Bertz CT molecular complexity index is 728. The van der Waals surface area contributed by atoms with E-state index in [1.807, 2.05) is 18.2 Å². The smallest absolute Gasteiger partial charge is 0.310 e. The third kappa shape index (κ3) is 3.22. The zero-order chi connectivity index (χ0) is 15.5. The van der Waals surface area contributed by atoms with E-state index < -0.39 is 0 Å². The average molecular weight is 294 g/mol. The number of allylic oxidation sites excluding steroid dienone is 2. The summed E-state index contributed by atoms with van der Waals surface area (Å²) in [4.78, 5) is 11.4. The highest BCUT2D eigenvalue weighted by atomic mass is 16.5. The number of hydrogen-bond acceptors (Lipinski definition) is 2. The van der Waals surface area contributed by atoms with Crippen molar-refractivity contribution in [1.82, 2.24) is 0 Å². The van der Waals surface area contributed by atoms with Gasteiger partial charge in [0.1, 0.15) is 5.75 Å². The van der Waals surface area contributed by atoms with Gasteiger partial charge in [-0.25, -0.2) is 0 Å². The number of hydrogen-bond donors (Lipinski definition) is 0. The van der Waals surface area contributed by atoms with Crippen molar-refractivity contribution in [3.63, 3.8) is 0 Å². The van der Waals surface area contributed by atoms with Gasteiger partial charge >= 0.3 is 5.97 Å². The third-order valence-electron chi connectivity index (χ3n) is 4.38. The first-order valence-electron chi connectivity index (χ1n) is 8.09. The maximum Gasteiger partial charge on any atom is 0.310 e. The predicted octanol–water partition coefficient (Wildman–Crippen LogP) is 5.36. The molecule has 114 valence electrons. The van der Waals surface area contributed by atoms with E-state index in [2.05, 4.69) is 31.2 Å². The van der Waals surface area contributed by atoms with Crippen molar-refractivity contribution < 1.29 is 9.53 Å². The van der Waals surface area contributed by atoms with Gasteiger partial charge in [-0.05, 0) is 65.3 Å². The number of fused-ring (bicyclic) bond motifs is 1. The van der Waals surface area contributed by atoms with Crippen LogP contribution in [0.15, 0.2) is 42.5 Å². The van der Waals surface area contributed by atoms with Crippen LogP contribution in [0.25, 0.3) is 16.3 Å². The van der Waals surface area contributed by atoms with Gasteiger partial charge in [-0.15, -0.1) is 0 Å². The predicted molar refractivity (Wildman–Crippen MR) is 90.9 cm³/mol. The van der Waals surface area contributed by atoms with Crippen LogP contribution in [0, 0.1) is 5.92 Å². The molecule has 0 aromatic heterocycles. The SMILES string of the molecule is CCC(=O)Oc1ccc2cc(C3=CCC(C)CC3)ccc2c1. The van der Waals surface area contributed by atoms with Crippen LogP contribution >= 0.6 is 0 Å². The molecule has 0 fully saturated rings. The summed E-state index contributed by atoms with van der Waals surface area (Å²) in [5.74, 6) is 1.23. The van der Waals surface area contributed by atoms with E-state index in [9.17, 15) is 4.79 Å². The molecule has 1 atom stereocenters. The van der Waals surface area contributed by atoms with Crippen molar-refractivity contribution in [2.24, 2.45) is 5.92 Å². The van der Waals surface area contributed by atoms with Gasteiger partial charge in [0.15, 0.2) is 0 Å². The molecule has 0 saturated carbocycles. The van der Waals surface area contributed by atoms with E-state index in [1.54, 1.807) is 6.92 Å². The molecule has 0 aliphatic heterocycles. The Kier molecular flexibility index (Phi) is 4.28. The van der Waals surface area contributed by atoms with E-state index in [-0.39, 0.29) is 5.97 Å². The first kappa shape index (κ1) is 14.8. The van der Waals surface area contributed by atoms with Crippen LogP contribution in [0.4, 0.5) is 0 Å². The second kappa shape index (κ2) is 6.35. The number of rotatable bonds is 3. The average Bonchev–Trinajstić information content (AvgIpc) is 2.55. The van der Waals surface area contributed by atoms with Gasteiger partial charge in [-0.3, -0.25) is 4.79 Å². The molecule has 0 amide bonds. The minimum atomic E-state index is -0.197. The number of carbonyl (C=O) groups excluding carboxylic acids is 1. The zero-order valence-electron chi connectivity index (χ0n) is 13.3. The van der Waals surface area contributed by atoms with Gasteiger partial charge in [0, 0.05) is 6.42 Å². The van der Waals surface area contributed by atoms with Crippen molar-refractivity contribution in [1.29, 1.82) is 0 Å². The van der Waals surface area contributed by atoms with Crippen molar-refractivity contribution in [2.75, 3.05) is 0 Å². The Balaban J connectivity index is 1.88. The molecule has 0 spiro atoms. The fourth-order valence-electron chi connectivity index (χ4n) is 2.92. The second-order valence-electron chi connectivity index (χ2n) is 6.16. The summed E-state index contributed by atoms with van der Waals surface area (Å²) in [6.07, 6.45) is 6.39. The van der Waals surface area contributed by atoms with Crippen molar-refractivity contribution >= 4 is 22.3 Å². The third-order valence-corrected chi connectivity index (χ3v) is 4.38. The molecule has 1 unspecified atom stereocenters. The zero-order valence-corrected chi connectivity index (χ0v) is 13.3. The lowest BCUT2D eigenvalue weighted by atomic mass is 9.87. The van der Waals surface area contributed by atoms with Crippen LogP contribution in [-0.4, -0.2) is 5.97 Å². The summed E-state index contributed by atoms with van der Waals surface area (Å²) in [5.41, 5.74) is 2.78. The van der Waals surface area contributed by atoms with E-state index in [1.165, 1.54) is 35.8 Å². The van der Waals surface area contributed by atoms with Gasteiger partial charge in [-0.1, -0.05) is 38.1 Å². The van der Waals surface area contributed by atoms with E-state index in [0.29, 0.717) is 12.2 Å². The summed E-state index contributed by atoms with van der Waals surface area (Å²) in [6.45, 7) is 4.11. The summed E-state index contributed by atoms with van der Waals surface area (Å²) in [7, 11) is 0. The second-order valence-corrected chi connectivity index (χ2v) is 6.16. The molecular weight excluding hydrogens is 272 g/mol. The van der Waals surface area contributed by atoms with Crippen LogP contribution in [0.2, 0.25) is 0 Å². The Morgan fingerprint density at radius 1 is 1.18 bits per heavy atom. The highest BCUT2D eigenvalue weighted by molar-refractivity contribution is 5.88. The quantitative estimate of drug-likeness (QED) is 0.563. The maximum absolute atomic E-state index is 11.4. The minimum absolute atomic E-state index is 0.197. The lowest BCUT2D eigenvalue weighted by molar-refractivity contribution is -0.134. The van der Waals surface area contributed by atoms with Crippen LogP contribution in [0.3, 0.4) is 0 Å². The number of esters is 1. The monoisotopic (exact) mass is 294 g/mol. The first-order chi connectivity index (χ1) is 10.7. The minimum Gasteiger partial charge on any atom is -0.427 e. The molecule has 1 aliphatic carbocycles. The van der Waals surface area contributed by atoms with Crippen LogP contribution < -0.4 is 4.74 Å². The molecule has 22 heavy (non-hydrogen) atoms. The fraction of sp³-hybridized carbons (Fsp3) is 0.350. The number of carbonyl (C=O) groups is 1. The van der Waals surface area contributed by atoms with Gasteiger partial charge in [0.2, 0.25) is 0 Å². The topological polar surface area (TPSA) is 26.3 Å². The number of ether oxygens (including phenoxy) is 1. The molecule has 2 nitrogen and oxygen atoms in total. The summed E-state index contributed by atoms with van der Waals surface area (Å²) >= 11 is 0. The molecule has 3 rings (SSSR count). The summed E-state index contributed by atoms with van der Waals surface area (Å²) < 4.78 is 5.28. The van der Waals surface area contributed by atoms with Crippen LogP contribution in [-0.2, 0) is 4.79 Å². The fourth-order valence-corrected chi connectivity index (χ4v) is 2.92. The van der Waals surface area contributed by atoms with Gasteiger partial charge in [-0.2, -0.15) is 0 Å². The Labute approximate surface area is 131 Å². The molecule has 0 saturated heterocycles. The Hall–Kier alpha value is -2.09. The van der Waals surface area contributed by atoms with E-state index >= 15 is 0 Å². The lowest BCUT2D eigenvalue weighted by Crippen LogP contribution is -2.05. The molecule has 0 N–H and O–H groups in total. The highest BCUT2D eigenvalue weighted by Crippen LogP contribution is 2.32. The summed E-state index contributed by atoms with van der Waals surface area (Å²) in [5, 5.41) is 2.29. The van der Waals surface area contributed by atoms with Gasteiger partial charge < -0.3 is 4.74 Å². The molecule has 2 heteroatoms. The molecule has 2 aromatic rings. The van der Waals surface area contributed by atoms with Crippen molar-refractivity contribution in [2.45, 2.75) is 39.5 Å². The molecule has 2 aromatic carbocycles. The molecular formula is C20H22O2. The van der Waals surface area contributed by atoms with Crippen molar-refractivity contribution in [3.8, 4) is 5.75 Å². The first-order valence-corrected chi connectivity index (χ1v) is 8.09. The molecule has 0 bridgehead atoms. The van der Waals surface area contributed by atoms with Gasteiger partial charge in [0.05, 0.1) is 0 Å². The van der Waals surface area contributed by atoms with E-state index in [4.69, 9.17) is 4.74 Å². The standard InChI is InChI=1S/C20H22O2/c1-3-20(21)22-19-11-10-17-12-16(8-9-18(17)13-19)15-6-4-14(2)5-7-15/h6,8-14H,3-5,7H2,1-2H3. The molecule has 0 radical (unpaired) electrons. The molecule has 0 heterocycles. The lowest BCUT2D eigenvalue weighted by Gasteiger charge is -2.18. The van der Waals surface area contributed by atoms with Crippen LogP contribution in [0.1, 0.15) is 45.1 Å².